The van der Waals surface area contributed by atoms with Crippen molar-refractivity contribution in [1.82, 2.24) is 10.3 Å². The first-order chi connectivity index (χ1) is 7.67. The van der Waals surface area contributed by atoms with Crippen molar-refractivity contribution in [2.45, 2.75) is 6.54 Å². The van der Waals surface area contributed by atoms with Gasteiger partial charge in [-0.05, 0) is 13.1 Å². The van der Waals surface area contributed by atoms with Crippen LogP contribution in [-0.4, -0.2) is 38.1 Å². The van der Waals surface area contributed by atoms with E-state index in [-0.39, 0.29) is 5.91 Å². The molecule has 1 heterocycles. The Labute approximate surface area is 94.3 Å². The summed E-state index contributed by atoms with van der Waals surface area (Å²) in [7, 11) is 3.61. The number of amides is 1. The summed E-state index contributed by atoms with van der Waals surface area (Å²) in [5.41, 5.74) is 2.48. The SMILES string of the molecule is COCCN(C)Cc1cc(C(=O)NN)co1. The third kappa shape index (κ3) is 3.65. The number of nitrogen functional groups attached to an aromatic ring is 1. The van der Waals surface area contributed by atoms with E-state index in [0.29, 0.717) is 18.7 Å². The molecule has 0 saturated carbocycles. The average molecular weight is 227 g/mol. The number of nitrogens with zero attached hydrogens (tertiary/aromatic N) is 1. The van der Waals surface area contributed by atoms with E-state index in [2.05, 4.69) is 0 Å². The fourth-order valence-corrected chi connectivity index (χ4v) is 1.26. The molecule has 0 fully saturated rings. The third-order valence-corrected chi connectivity index (χ3v) is 2.15. The maximum atomic E-state index is 11.2. The summed E-state index contributed by atoms with van der Waals surface area (Å²) in [4.78, 5) is 13.2. The number of nitrogens with one attached hydrogen (secondary N) is 1. The zero-order valence-electron chi connectivity index (χ0n) is 9.53. The molecule has 0 aliphatic carbocycles. The van der Waals surface area contributed by atoms with E-state index in [1.54, 1.807) is 13.2 Å². The molecule has 6 heteroatoms. The molecule has 1 rings (SSSR count). The van der Waals surface area contributed by atoms with Crippen LogP contribution in [0.25, 0.3) is 0 Å². The van der Waals surface area contributed by atoms with Gasteiger partial charge in [0.15, 0.2) is 0 Å². The Balaban J connectivity index is 2.48. The quantitative estimate of drug-likeness (QED) is 0.405. The van der Waals surface area contributed by atoms with Crippen LogP contribution in [0.15, 0.2) is 16.7 Å². The van der Waals surface area contributed by atoms with Crippen LogP contribution in [0.4, 0.5) is 0 Å². The third-order valence-electron chi connectivity index (χ3n) is 2.15. The standard InChI is InChI=1S/C10H17N3O3/c1-13(3-4-15-2)6-9-5-8(7-16-9)10(14)12-11/h5,7H,3-4,6,11H2,1-2H3,(H,12,14). The maximum Gasteiger partial charge on any atom is 0.268 e. The number of methoxy groups -OCH3 is 1. The molecule has 90 valence electrons. The van der Waals surface area contributed by atoms with E-state index in [1.165, 1.54) is 6.26 Å². The lowest BCUT2D eigenvalue weighted by Crippen LogP contribution is -2.29. The highest BCUT2D eigenvalue weighted by Crippen LogP contribution is 2.09. The van der Waals surface area contributed by atoms with Crippen LogP contribution in [-0.2, 0) is 11.3 Å². The molecule has 6 nitrogen and oxygen atoms in total. The summed E-state index contributed by atoms with van der Waals surface area (Å²) in [5.74, 6) is 5.38. The van der Waals surface area contributed by atoms with Crippen LogP contribution in [0, 0.1) is 0 Å². The highest BCUT2D eigenvalue weighted by atomic mass is 16.5. The van der Waals surface area contributed by atoms with Gasteiger partial charge in [-0.2, -0.15) is 0 Å². The van der Waals surface area contributed by atoms with Gasteiger partial charge < -0.3 is 9.15 Å². The maximum absolute atomic E-state index is 11.2. The highest BCUT2D eigenvalue weighted by molar-refractivity contribution is 5.93. The summed E-state index contributed by atoms with van der Waals surface area (Å²) in [6.45, 7) is 2.09. The first kappa shape index (κ1) is 12.7. The van der Waals surface area contributed by atoms with Gasteiger partial charge in [-0.3, -0.25) is 15.1 Å². The van der Waals surface area contributed by atoms with E-state index in [0.717, 1.165) is 12.3 Å². The zero-order valence-corrected chi connectivity index (χ0v) is 9.53. The number of rotatable bonds is 6. The second kappa shape index (κ2) is 6.26. The molecule has 0 aliphatic rings. The normalized spacial score (nSPS) is 10.8. The summed E-state index contributed by atoms with van der Waals surface area (Å²) < 4.78 is 10.2. The Morgan fingerprint density at radius 1 is 1.69 bits per heavy atom. The van der Waals surface area contributed by atoms with Gasteiger partial charge in [0.2, 0.25) is 0 Å². The summed E-state index contributed by atoms with van der Waals surface area (Å²) >= 11 is 0. The fraction of sp³-hybridized carbons (Fsp3) is 0.500. The number of carbonyl (C=O) groups is 1. The lowest BCUT2D eigenvalue weighted by atomic mass is 10.3. The van der Waals surface area contributed by atoms with Crippen LogP contribution < -0.4 is 11.3 Å². The number of nitrogens with two attached hydrogens (primary N) is 1. The molecule has 0 spiro atoms. The Bertz CT molecular complexity index is 338. The van der Waals surface area contributed by atoms with Gasteiger partial charge in [0.25, 0.3) is 5.91 Å². The summed E-state index contributed by atoms with van der Waals surface area (Å²) in [6, 6.07) is 1.67. The largest absolute Gasteiger partial charge is 0.467 e. The van der Waals surface area contributed by atoms with Gasteiger partial charge in [-0.25, -0.2) is 5.84 Å². The van der Waals surface area contributed by atoms with Crippen molar-refractivity contribution in [3.05, 3.63) is 23.7 Å². The highest BCUT2D eigenvalue weighted by Gasteiger charge is 2.09. The lowest BCUT2D eigenvalue weighted by Gasteiger charge is -2.13. The van der Waals surface area contributed by atoms with Crippen molar-refractivity contribution in [3.8, 4) is 0 Å². The second-order valence-corrected chi connectivity index (χ2v) is 3.51. The summed E-state index contributed by atoms with van der Waals surface area (Å²) in [5, 5.41) is 0. The minimum atomic E-state index is -0.352. The average Bonchev–Trinajstić information content (AvgIpc) is 2.73. The molecular weight excluding hydrogens is 210 g/mol. The van der Waals surface area contributed by atoms with Crippen LogP contribution >= 0.6 is 0 Å². The van der Waals surface area contributed by atoms with Crippen molar-refractivity contribution in [1.29, 1.82) is 0 Å². The second-order valence-electron chi connectivity index (χ2n) is 3.51. The molecule has 0 radical (unpaired) electrons. The fourth-order valence-electron chi connectivity index (χ4n) is 1.26. The Morgan fingerprint density at radius 2 is 2.44 bits per heavy atom. The lowest BCUT2D eigenvalue weighted by molar-refractivity contribution is 0.0953. The molecule has 0 saturated heterocycles. The molecule has 1 amide bonds. The van der Waals surface area contributed by atoms with Gasteiger partial charge in [0.1, 0.15) is 12.0 Å². The molecule has 16 heavy (non-hydrogen) atoms. The first-order valence-corrected chi connectivity index (χ1v) is 4.93. The Morgan fingerprint density at radius 3 is 3.06 bits per heavy atom. The first-order valence-electron chi connectivity index (χ1n) is 4.93. The number of likely N-dealkylation sites (N-methyl/N-ethyl adjacent to an activating group) is 1. The van der Waals surface area contributed by atoms with E-state index in [4.69, 9.17) is 15.0 Å². The van der Waals surface area contributed by atoms with E-state index in [9.17, 15) is 4.79 Å². The molecule has 1 aromatic heterocycles. The number of furan rings is 1. The van der Waals surface area contributed by atoms with Crippen molar-refractivity contribution in [2.75, 3.05) is 27.3 Å². The number of carbonyl (C=O) groups excluding carboxylic acids is 1. The van der Waals surface area contributed by atoms with Gasteiger partial charge in [0, 0.05) is 13.7 Å². The summed E-state index contributed by atoms with van der Waals surface area (Å²) in [6.07, 6.45) is 1.39. The predicted molar refractivity (Wildman–Crippen MR) is 58.6 cm³/mol. The molecule has 0 aromatic carbocycles. The molecule has 0 bridgehead atoms. The molecule has 3 N–H and O–H groups in total. The minimum Gasteiger partial charge on any atom is -0.467 e. The van der Waals surface area contributed by atoms with E-state index >= 15 is 0 Å². The zero-order chi connectivity index (χ0) is 12.0. The minimum absolute atomic E-state index is 0.352. The molecular formula is C10H17N3O3. The monoisotopic (exact) mass is 227 g/mol. The smallest absolute Gasteiger partial charge is 0.268 e. The van der Waals surface area contributed by atoms with Crippen molar-refractivity contribution < 1.29 is 13.9 Å². The number of hydrogen-bond donors (Lipinski definition) is 2. The molecule has 0 atom stereocenters. The Hall–Kier alpha value is -1.37. The van der Waals surface area contributed by atoms with Crippen molar-refractivity contribution in [3.63, 3.8) is 0 Å². The van der Waals surface area contributed by atoms with Gasteiger partial charge >= 0.3 is 0 Å². The van der Waals surface area contributed by atoms with Crippen molar-refractivity contribution >= 4 is 5.91 Å². The molecule has 0 aliphatic heterocycles. The number of ether oxygens (including phenoxy) is 1. The number of hydrogen-bond acceptors (Lipinski definition) is 5. The van der Waals surface area contributed by atoms with Gasteiger partial charge in [-0.15, -0.1) is 0 Å². The van der Waals surface area contributed by atoms with Crippen LogP contribution in [0.2, 0.25) is 0 Å². The Kier molecular flexibility index (Phi) is 4.97. The van der Waals surface area contributed by atoms with Crippen LogP contribution in [0.3, 0.4) is 0 Å². The van der Waals surface area contributed by atoms with E-state index < -0.39 is 0 Å². The van der Waals surface area contributed by atoms with Gasteiger partial charge in [-0.1, -0.05) is 0 Å². The number of hydrazine groups is 1. The van der Waals surface area contributed by atoms with E-state index in [1.807, 2.05) is 17.4 Å². The predicted octanol–water partition coefficient (Wildman–Crippen LogP) is -0.0387. The van der Waals surface area contributed by atoms with Gasteiger partial charge in [0.05, 0.1) is 18.7 Å². The van der Waals surface area contributed by atoms with Crippen LogP contribution in [0.5, 0.6) is 0 Å². The molecule has 1 aromatic rings. The van der Waals surface area contributed by atoms with Crippen molar-refractivity contribution in [2.24, 2.45) is 5.84 Å². The topological polar surface area (TPSA) is 80.7 Å². The molecule has 0 unspecified atom stereocenters. The van der Waals surface area contributed by atoms with Crippen LogP contribution in [0.1, 0.15) is 16.1 Å².